The molecule has 70 valence electrons. The van der Waals surface area contributed by atoms with Crippen LogP contribution in [0.5, 0.6) is 0 Å². The van der Waals surface area contributed by atoms with Crippen LogP contribution >= 0.6 is 0 Å². The van der Waals surface area contributed by atoms with Crippen molar-refractivity contribution in [2.24, 2.45) is 0 Å². The Hall–Kier alpha value is -0.680. The minimum atomic E-state index is -3.60. The largest absolute Gasteiger partial charge is 0.382 e. The highest BCUT2D eigenvalue weighted by Gasteiger charge is 2.07. The van der Waals surface area contributed by atoms with Crippen molar-refractivity contribution < 1.29 is 18.0 Å². The minimum absolute atomic E-state index is 0.112. The maximum absolute atomic E-state index is 10.7. The summed E-state index contributed by atoms with van der Waals surface area (Å²) in [6.45, 7) is 0.399. The van der Waals surface area contributed by atoms with Crippen LogP contribution in [-0.2, 0) is 19.6 Å². The lowest BCUT2D eigenvalue weighted by atomic mass is 10.8. The first-order valence-electron chi connectivity index (χ1n) is 3.09. The molecule has 0 aromatic heterocycles. The lowest BCUT2D eigenvalue weighted by molar-refractivity contribution is 0.0440. The van der Waals surface area contributed by atoms with Crippen LogP contribution < -0.4 is 4.89 Å². The summed E-state index contributed by atoms with van der Waals surface area (Å²) < 4.78 is 26.0. The predicted octanol–water partition coefficient (Wildman–Crippen LogP) is -0.993. The number of nitrogens with zero attached hydrogens (tertiary/aromatic N) is 1. The molecule has 0 aliphatic carbocycles. The molecule has 0 aromatic carbocycles. The van der Waals surface area contributed by atoms with Crippen molar-refractivity contribution in [3.05, 3.63) is 0 Å². The third kappa shape index (κ3) is 6.06. The van der Waals surface area contributed by atoms with E-state index in [0.29, 0.717) is 0 Å². The molecule has 0 aliphatic heterocycles. The fourth-order valence-electron chi connectivity index (χ4n) is 0.371. The maximum atomic E-state index is 10.7. The predicted molar refractivity (Wildman–Crippen MR) is 40.4 cm³/mol. The summed E-state index contributed by atoms with van der Waals surface area (Å²) in [6.07, 6.45) is 0. The van der Waals surface area contributed by atoms with Gasteiger partial charge in [-0.05, 0) is 0 Å². The Labute approximate surface area is 71.1 Å². The lowest BCUT2D eigenvalue weighted by Crippen LogP contribution is -2.27. The van der Waals surface area contributed by atoms with Crippen molar-refractivity contribution >= 4 is 10.0 Å². The van der Waals surface area contributed by atoms with Crippen LogP contribution in [0.15, 0.2) is 0 Å². The van der Waals surface area contributed by atoms with Crippen LogP contribution in [0.2, 0.25) is 0 Å². The van der Waals surface area contributed by atoms with Gasteiger partial charge in [-0.15, -0.1) is 0 Å². The average Bonchev–Trinajstić information content (AvgIpc) is 1.98. The molecule has 12 heavy (non-hydrogen) atoms. The maximum Gasteiger partial charge on any atom is 0.246 e. The molecule has 0 aromatic rings. The van der Waals surface area contributed by atoms with Crippen molar-refractivity contribution in [1.29, 1.82) is 5.26 Å². The summed E-state index contributed by atoms with van der Waals surface area (Å²) in [5.74, 6) is -0.611. The van der Waals surface area contributed by atoms with Crippen molar-refractivity contribution in [2.45, 2.75) is 0 Å². The van der Waals surface area contributed by atoms with Gasteiger partial charge in [0.25, 0.3) is 0 Å². The summed E-state index contributed by atoms with van der Waals surface area (Å²) in [5, 5.41) is 8.06. The second-order valence-electron chi connectivity index (χ2n) is 1.84. The number of nitrogens with one attached hydrogen (secondary N) is 1. The minimum Gasteiger partial charge on any atom is -0.382 e. The number of rotatable bonds is 6. The molecule has 0 fully saturated rings. The molecule has 0 unspecified atom stereocenters. The summed E-state index contributed by atoms with van der Waals surface area (Å²) in [5.41, 5.74) is 0. The number of hydrogen-bond acceptors (Lipinski definition) is 5. The number of methoxy groups -OCH3 is 1. The zero-order valence-corrected chi connectivity index (χ0v) is 7.43. The van der Waals surface area contributed by atoms with Gasteiger partial charge in [0.1, 0.15) is 0 Å². The van der Waals surface area contributed by atoms with E-state index in [1.807, 2.05) is 0 Å². The lowest BCUT2D eigenvalue weighted by Gasteiger charge is -2.02. The Balaban J connectivity index is 3.57. The van der Waals surface area contributed by atoms with Crippen molar-refractivity contribution in [1.82, 2.24) is 4.89 Å². The zero-order valence-electron chi connectivity index (χ0n) is 6.61. The molecule has 0 bridgehead atoms. The standard InChI is InChI=1S/C5H10N2O4S/c1-10-3-4-11-7-12(8,9)5-2-6/h7H,3-5H2,1H3. The summed E-state index contributed by atoms with van der Waals surface area (Å²) in [4.78, 5) is 6.24. The van der Waals surface area contributed by atoms with Crippen LogP contribution in [0.25, 0.3) is 0 Å². The third-order valence-corrected chi connectivity index (χ3v) is 1.71. The molecular formula is C5H10N2O4S. The van der Waals surface area contributed by atoms with Crippen LogP contribution in [0, 0.1) is 11.3 Å². The molecule has 0 spiro atoms. The Morgan fingerprint density at radius 3 is 2.67 bits per heavy atom. The average molecular weight is 194 g/mol. The van der Waals surface area contributed by atoms with Crippen LogP contribution in [0.1, 0.15) is 0 Å². The van der Waals surface area contributed by atoms with Gasteiger partial charge in [0, 0.05) is 7.11 Å². The van der Waals surface area contributed by atoms with E-state index in [2.05, 4.69) is 9.57 Å². The molecule has 0 aliphatic rings. The van der Waals surface area contributed by atoms with Crippen LogP contribution in [0.4, 0.5) is 0 Å². The zero-order chi connectivity index (χ0) is 9.45. The number of ether oxygens (including phenoxy) is 1. The van der Waals surface area contributed by atoms with Gasteiger partial charge in [-0.25, -0.2) is 8.42 Å². The van der Waals surface area contributed by atoms with Gasteiger partial charge < -0.3 is 4.74 Å². The molecule has 1 N–H and O–H groups in total. The molecule has 0 heterocycles. The molecular weight excluding hydrogens is 184 g/mol. The first kappa shape index (κ1) is 11.3. The molecule has 0 atom stereocenters. The van der Waals surface area contributed by atoms with Gasteiger partial charge in [0.15, 0.2) is 5.75 Å². The molecule has 0 radical (unpaired) electrons. The second kappa shape index (κ2) is 5.91. The highest BCUT2D eigenvalue weighted by atomic mass is 32.2. The van der Waals surface area contributed by atoms with Crippen molar-refractivity contribution in [3.8, 4) is 6.07 Å². The highest BCUT2D eigenvalue weighted by Crippen LogP contribution is 1.82. The Kier molecular flexibility index (Phi) is 5.57. The summed E-state index contributed by atoms with van der Waals surface area (Å²) >= 11 is 0. The second-order valence-corrected chi connectivity index (χ2v) is 3.53. The van der Waals surface area contributed by atoms with Gasteiger partial charge in [0.05, 0.1) is 19.3 Å². The summed E-state index contributed by atoms with van der Waals surface area (Å²) in [6, 6.07) is 1.49. The monoisotopic (exact) mass is 194 g/mol. The fourth-order valence-corrected chi connectivity index (χ4v) is 0.863. The van der Waals surface area contributed by atoms with E-state index in [0.717, 1.165) is 0 Å². The molecule has 7 heteroatoms. The Morgan fingerprint density at radius 2 is 2.17 bits per heavy atom. The molecule has 0 rings (SSSR count). The van der Waals surface area contributed by atoms with E-state index < -0.39 is 15.8 Å². The molecule has 6 nitrogen and oxygen atoms in total. The molecule has 0 saturated carbocycles. The highest BCUT2D eigenvalue weighted by molar-refractivity contribution is 7.89. The Bertz CT molecular complexity index is 243. The normalized spacial score (nSPS) is 11.0. The van der Waals surface area contributed by atoms with Gasteiger partial charge in [-0.2, -0.15) is 5.26 Å². The first-order chi connectivity index (χ1) is 5.62. The van der Waals surface area contributed by atoms with Gasteiger partial charge in [0.2, 0.25) is 10.0 Å². The fraction of sp³-hybridized carbons (Fsp3) is 0.800. The number of hydrogen-bond donors (Lipinski definition) is 1. The van der Waals surface area contributed by atoms with E-state index in [1.165, 1.54) is 13.2 Å². The molecule has 0 amide bonds. The topological polar surface area (TPSA) is 88.4 Å². The van der Waals surface area contributed by atoms with E-state index in [4.69, 9.17) is 5.26 Å². The van der Waals surface area contributed by atoms with Crippen molar-refractivity contribution in [2.75, 3.05) is 26.1 Å². The molecule has 0 saturated heterocycles. The van der Waals surface area contributed by atoms with Gasteiger partial charge in [-0.3, -0.25) is 4.84 Å². The van der Waals surface area contributed by atoms with Crippen molar-refractivity contribution in [3.63, 3.8) is 0 Å². The summed E-state index contributed by atoms with van der Waals surface area (Å²) in [7, 11) is -2.14. The SMILES string of the molecule is COCCONS(=O)(=O)CC#N. The van der Waals surface area contributed by atoms with E-state index in [1.54, 1.807) is 4.89 Å². The van der Waals surface area contributed by atoms with Crippen LogP contribution in [0.3, 0.4) is 0 Å². The van der Waals surface area contributed by atoms with Gasteiger partial charge in [-0.1, -0.05) is 4.89 Å². The van der Waals surface area contributed by atoms with Gasteiger partial charge >= 0.3 is 0 Å². The van der Waals surface area contributed by atoms with E-state index >= 15 is 0 Å². The van der Waals surface area contributed by atoms with E-state index in [9.17, 15) is 8.42 Å². The number of nitriles is 1. The van der Waals surface area contributed by atoms with Crippen LogP contribution in [-0.4, -0.2) is 34.5 Å². The smallest absolute Gasteiger partial charge is 0.246 e. The quantitative estimate of drug-likeness (QED) is 0.433. The Morgan fingerprint density at radius 1 is 1.50 bits per heavy atom. The number of sulfonamides is 1. The first-order valence-corrected chi connectivity index (χ1v) is 4.75. The third-order valence-electron chi connectivity index (χ3n) is 0.830. The van der Waals surface area contributed by atoms with E-state index in [-0.39, 0.29) is 13.2 Å².